The van der Waals surface area contributed by atoms with E-state index in [0.717, 1.165) is 24.3 Å². The molecular formula is C25H28F5NO6S2. The van der Waals surface area contributed by atoms with Crippen LogP contribution in [0, 0.1) is 23.5 Å². The molecule has 216 valence electrons. The molecule has 2 aliphatic heterocycles. The maximum absolute atomic E-state index is 15.5. The van der Waals surface area contributed by atoms with Crippen LogP contribution in [0.1, 0.15) is 37.8 Å². The van der Waals surface area contributed by atoms with Gasteiger partial charge in [0.15, 0.2) is 21.4 Å². The Hall–Kier alpha value is -2.29. The van der Waals surface area contributed by atoms with E-state index in [1.807, 2.05) is 0 Å². The van der Waals surface area contributed by atoms with Crippen molar-refractivity contribution in [3.8, 4) is 5.75 Å². The molecule has 0 radical (unpaired) electrons. The summed E-state index contributed by atoms with van der Waals surface area (Å²) in [6.07, 6.45) is -5.08. The lowest BCUT2D eigenvalue weighted by atomic mass is 9.64. The Labute approximate surface area is 223 Å². The van der Waals surface area contributed by atoms with Gasteiger partial charge in [-0.25, -0.2) is 30.3 Å². The minimum atomic E-state index is -4.71. The minimum Gasteiger partial charge on any atom is -0.490 e. The molecule has 0 aromatic heterocycles. The van der Waals surface area contributed by atoms with Gasteiger partial charge in [0.1, 0.15) is 10.6 Å². The summed E-state index contributed by atoms with van der Waals surface area (Å²) >= 11 is 0. The first-order chi connectivity index (χ1) is 17.7. The number of halogens is 5. The average Bonchev–Trinajstić information content (AvgIpc) is 2.85. The molecule has 5 atom stereocenters. The van der Waals surface area contributed by atoms with Gasteiger partial charge in [-0.05, 0) is 61.6 Å². The van der Waals surface area contributed by atoms with Crippen LogP contribution < -0.4 is 9.46 Å². The molecule has 39 heavy (non-hydrogen) atoms. The first kappa shape index (κ1) is 29.7. The lowest BCUT2D eigenvalue weighted by molar-refractivity contribution is -0.137. The van der Waals surface area contributed by atoms with Gasteiger partial charge in [-0.2, -0.15) is 13.2 Å². The van der Waals surface area contributed by atoms with Crippen LogP contribution in [0.3, 0.4) is 0 Å². The summed E-state index contributed by atoms with van der Waals surface area (Å²) in [5, 5.41) is -1.03. The van der Waals surface area contributed by atoms with Crippen molar-refractivity contribution in [1.82, 2.24) is 4.72 Å². The van der Waals surface area contributed by atoms with Crippen LogP contribution in [0.4, 0.5) is 22.0 Å². The van der Waals surface area contributed by atoms with Gasteiger partial charge in [0.05, 0.1) is 34.5 Å². The summed E-state index contributed by atoms with van der Waals surface area (Å²) < 4.78 is 135. The van der Waals surface area contributed by atoms with E-state index in [4.69, 9.17) is 9.47 Å². The molecule has 1 saturated carbocycles. The molecule has 3 aliphatic rings. The third-order valence-electron chi connectivity index (χ3n) is 7.96. The second kappa shape index (κ2) is 9.96. The smallest absolute Gasteiger partial charge is 0.416 e. The number of sulfonamides is 1. The van der Waals surface area contributed by atoms with Crippen molar-refractivity contribution in [3.05, 3.63) is 59.2 Å². The molecule has 0 unspecified atom stereocenters. The van der Waals surface area contributed by atoms with E-state index in [0.29, 0.717) is 12.1 Å². The molecule has 5 rings (SSSR count). The summed E-state index contributed by atoms with van der Waals surface area (Å²) in [6, 6.07) is 3.75. The zero-order valence-corrected chi connectivity index (χ0v) is 21.6. The van der Waals surface area contributed by atoms with Crippen LogP contribution in [0.2, 0.25) is 0 Å². The van der Waals surface area contributed by atoms with Crippen LogP contribution in [-0.2, 0) is 35.5 Å². The number of fused-ring (bicyclic) bond motifs is 5. The Kier molecular flexibility index (Phi) is 7.58. The van der Waals surface area contributed by atoms with Gasteiger partial charge in [0, 0.05) is 19.1 Å². The molecule has 2 fully saturated rings. The zero-order valence-electron chi connectivity index (χ0n) is 20.0. The van der Waals surface area contributed by atoms with Gasteiger partial charge in [0.2, 0.25) is 10.0 Å². The summed E-state index contributed by atoms with van der Waals surface area (Å²) in [4.78, 5) is -0.490. The van der Waals surface area contributed by atoms with E-state index < -0.39 is 87.3 Å². The number of nitrogens with one attached hydrogen (secondary N) is 1. The second-order valence-electron chi connectivity index (χ2n) is 9.85. The maximum Gasteiger partial charge on any atom is 0.416 e. The van der Waals surface area contributed by atoms with Crippen LogP contribution in [-0.4, -0.2) is 48.5 Å². The third-order valence-corrected chi connectivity index (χ3v) is 12.4. The van der Waals surface area contributed by atoms with Gasteiger partial charge in [-0.3, -0.25) is 0 Å². The summed E-state index contributed by atoms with van der Waals surface area (Å²) in [5.41, 5.74) is -1.59. The normalized spacial score (nSPS) is 29.7. The van der Waals surface area contributed by atoms with Crippen molar-refractivity contribution in [2.45, 2.75) is 53.8 Å². The Morgan fingerprint density at radius 1 is 1.10 bits per heavy atom. The lowest BCUT2D eigenvalue weighted by Gasteiger charge is -2.54. The highest BCUT2D eigenvalue weighted by atomic mass is 32.2. The summed E-state index contributed by atoms with van der Waals surface area (Å²) in [5.74, 6) is -4.30. The highest BCUT2D eigenvalue weighted by Crippen LogP contribution is 2.59. The molecule has 0 bridgehead atoms. The van der Waals surface area contributed by atoms with Gasteiger partial charge in [-0.1, -0.05) is 7.43 Å². The minimum absolute atomic E-state index is 0. The van der Waals surface area contributed by atoms with E-state index >= 15 is 4.39 Å². The SMILES string of the molecule is C.COC[C@@H]1C[C@@H]2[C@@H](CC[C@@]3(S(=O)(=O)c4ccc(C(F)(F)F)cc4)c4c(F)ccc(F)c4OC[C@@H]23)NS1(=O)=O. The number of sulfone groups is 1. The van der Waals surface area contributed by atoms with Gasteiger partial charge in [0.25, 0.3) is 0 Å². The molecule has 14 heteroatoms. The largest absolute Gasteiger partial charge is 0.490 e. The molecule has 0 amide bonds. The first-order valence-electron chi connectivity index (χ1n) is 11.8. The molecule has 2 aromatic carbocycles. The van der Waals surface area contributed by atoms with Gasteiger partial charge in [-0.15, -0.1) is 0 Å². The fraction of sp³-hybridized carbons (Fsp3) is 0.520. The fourth-order valence-corrected chi connectivity index (χ4v) is 10.4. The lowest BCUT2D eigenvalue weighted by Crippen LogP contribution is -2.64. The molecule has 2 aromatic rings. The van der Waals surface area contributed by atoms with Crippen molar-refractivity contribution in [3.63, 3.8) is 0 Å². The highest BCUT2D eigenvalue weighted by Gasteiger charge is 2.64. The fourth-order valence-electron chi connectivity index (χ4n) is 6.26. The van der Waals surface area contributed by atoms with Gasteiger partial charge < -0.3 is 9.47 Å². The molecule has 1 aliphatic carbocycles. The van der Waals surface area contributed by atoms with E-state index in [2.05, 4.69) is 4.72 Å². The van der Waals surface area contributed by atoms with Crippen LogP contribution in [0.25, 0.3) is 0 Å². The summed E-state index contributed by atoms with van der Waals surface area (Å²) in [6.45, 7) is -0.541. The predicted octanol–water partition coefficient (Wildman–Crippen LogP) is 4.41. The molecular weight excluding hydrogens is 569 g/mol. The molecule has 1 N–H and O–H groups in total. The predicted molar refractivity (Wildman–Crippen MR) is 131 cm³/mol. The third kappa shape index (κ3) is 4.52. The van der Waals surface area contributed by atoms with Crippen LogP contribution >= 0.6 is 0 Å². The Morgan fingerprint density at radius 3 is 2.36 bits per heavy atom. The van der Waals surface area contributed by atoms with Crippen molar-refractivity contribution in [1.29, 1.82) is 0 Å². The second-order valence-corrected chi connectivity index (χ2v) is 14.0. The number of alkyl halides is 3. The van der Waals surface area contributed by atoms with E-state index in [1.54, 1.807) is 0 Å². The van der Waals surface area contributed by atoms with E-state index in [-0.39, 0.29) is 39.9 Å². The molecule has 2 heterocycles. The van der Waals surface area contributed by atoms with Gasteiger partial charge >= 0.3 is 6.18 Å². The number of benzene rings is 2. The average molecular weight is 598 g/mol. The summed E-state index contributed by atoms with van der Waals surface area (Å²) in [7, 11) is -7.15. The number of hydrogen-bond donors (Lipinski definition) is 1. The highest BCUT2D eigenvalue weighted by molar-refractivity contribution is 7.92. The number of methoxy groups -OCH3 is 1. The Balaban J connectivity index is 0.00000353. The monoisotopic (exact) mass is 597 g/mol. The van der Waals surface area contributed by atoms with Crippen molar-refractivity contribution >= 4 is 19.9 Å². The van der Waals surface area contributed by atoms with Crippen molar-refractivity contribution < 1.29 is 48.3 Å². The van der Waals surface area contributed by atoms with Crippen molar-refractivity contribution in [2.75, 3.05) is 20.3 Å². The molecule has 1 saturated heterocycles. The quantitative estimate of drug-likeness (QED) is 0.525. The molecule has 7 nitrogen and oxygen atoms in total. The van der Waals surface area contributed by atoms with E-state index in [1.165, 1.54) is 7.11 Å². The first-order valence-corrected chi connectivity index (χ1v) is 14.8. The maximum atomic E-state index is 15.5. The van der Waals surface area contributed by atoms with E-state index in [9.17, 15) is 34.4 Å². The number of ether oxygens (including phenoxy) is 2. The van der Waals surface area contributed by atoms with Crippen LogP contribution in [0.5, 0.6) is 5.75 Å². The van der Waals surface area contributed by atoms with Crippen molar-refractivity contribution in [2.24, 2.45) is 11.8 Å². The number of rotatable bonds is 4. The Bertz CT molecular complexity index is 1460. The standard InChI is InChI=1S/C24H24F5NO6S2.CH4/c1-35-11-15-10-16-17-12-36-22-19(26)7-6-18(25)21(22)23(17,9-8-20(16)30-38(15,33)34)37(31,32)14-4-2-13(3-5-14)24(27,28)29;/h2-7,15-17,20,30H,8-12H2,1H3;1H4/t15-,16-,17-,20+,23-;/m0./s1. The Morgan fingerprint density at radius 2 is 1.74 bits per heavy atom. The zero-order chi connectivity index (χ0) is 27.7. The topological polar surface area (TPSA) is 98.8 Å². The number of hydrogen-bond acceptors (Lipinski definition) is 6. The van der Waals surface area contributed by atoms with Crippen LogP contribution in [0.15, 0.2) is 41.3 Å². The molecule has 0 spiro atoms.